The molecule has 748 valence electrons. The average Bonchev–Trinajstić information content (AvgIpc) is 1.53. The van der Waals surface area contributed by atoms with E-state index in [4.69, 9.17) is 0 Å². The number of fused-ring (bicyclic) bond motifs is 6. The minimum absolute atomic E-state index is 0.0315. The molecule has 9 saturated heterocycles. The minimum atomic E-state index is -0.688. The van der Waals surface area contributed by atoms with Crippen LogP contribution in [-0.4, -0.2) is 213 Å². The monoisotopic (exact) mass is 1920 g/mol. The summed E-state index contributed by atoms with van der Waals surface area (Å²) in [7, 11) is 0. The average molecular weight is 1920 g/mol. The van der Waals surface area contributed by atoms with Crippen molar-refractivity contribution in [3.8, 4) is 11.5 Å². The summed E-state index contributed by atoms with van der Waals surface area (Å²) in [5, 5.41) is 33.0. The van der Waals surface area contributed by atoms with E-state index < -0.39 is 22.2 Å². The number of hydrogen-bond acceptors (Lipinski definition) is 17. The minimum Gasteiger partial charge on any atom is -0.508 e. The van der Waals surface area contributed by atoms with Gasteiger partial charge in [0.1, 0.15) is 11.5 Å². The fourth-order valence-electron chi connectivity index (χ4n) is 35.7. The maximum Gasteiger partial charge on any atom is 0.259 e. The summed E-state index contributed by atoms with van der Waals surface area (Å²) in [6.07, 6.45) is 37.1. The van der Waals surface area contributed by atoms with Crippen LogP contribution in [0.1, 0.15) is 300 Å². The zero-order chi connectivity index (χ0) is 97.3. The number of nitrogens with zero attached hydrogens (tertiary/aromatic N) is 5. The molecule has 0 radical (unpaired) electrons. The van der Waals surface area contributed by atoms with E-state index in [1.54, 1.807) is 12.1 Å². The Morgan fingerprint density at radius 3 is 0.852 bits per heavy atom. The summed E-state index contributed by atoms with van der Waals surface area (Å²) in [5.74, 6) is 5.04. The smallest absolute Gasteiger partial charge is 0.259 e. The van der Waals surface area contributed by atoms with Crippen molar-refractivity contribution < 1.29 is 53.4 Å². The van der Waals surface area contributed by atoms with Gasteiger partial charge in [-0.05, 0) is 422 Å². The molecule has 22 nitrogen and oxygen atoms in total. The van der Waals surface area contributed by atoms with E-state index in [2.05, 4.69) is 138 Å². The van der Waals surface area contributed by atoms with Crippen LogP contribution in [0.4, 0.5) is 0 Å². The van der Waals surface area contributed by atoms with Crippen LogP contribution in [0.3, 0.4) is 0 Å². The number of pyridine rings is 1. The summed E-state index contributed by atoms with van der Waals surface area (Å²) in [5.41, 5.74) is 18.6. The molecule has 142 heavy (non-hydrogen) atoms. The topological polar surface area (TPSA) is 291 Å². The van der Waals surface area contributed by atoms with Gasteiger partial charge in [0.25, 0.3) is 5.56 Å². The Morgan fingerprint density at radius 1 is 0.310 bits per heavy atom. The number of carbonyl (C=O) groups excluding carboxylic acids is 9. The number of aryl methyl sites for hydroxylation is 3. The van der Waals surface area contributed by atoms with Crippen molar-refractivity contribution >= 4 is 52.5 Å². The van der Waals surface area contributed by atoms with Gasteiger partial charge < -0.3 is 61.0 Å². The molecular formula is C120H146N10O12. The van der Waals surface area contributed by atoms with Gasteiger partial charge in [0.2, 0.25) is 23.6 Å². The zero-order valence-electron chi connectivity index (χ0n) is 84.3. The lowest BCUT2D eigenvalue weighted by atomic mass is 9.49. The van der Waals surface area contributed by atoms with Gasteiger partial charge in [-0.25, -0.2) is 0 Å². The van der Waals surface area contributed by atoms with Crippen molar-refractivity contribution in [1.29, 1.82) is 0 Å². The molecule has 24 aliphatic rings. The van der Waals surface area contributed by atoms with Crippen LogP contribution in [-0.2, 0) is 110 Å². The number of nitrogens with one attached hydrogen (secondary N) is 5. The third-order valence-corrected chi connectivity index (χ3v) is 43.3. The lowest BCUT2D eigenvalue weighted by Gasteiger charge is -2.60. The number of rotatable bonds is 11. The van der Waals surface area contributed by atoms with Crippen LogP contribution in [0.5, 0.6) is 11.5 Å². The van der Waals surface area contributed by atoms with E-state index in [0.29, 0.717) is 29.9 Å². The molecule has 22 heteroatoms. The van der Waals surface area contributed by atoms with E-state index in [-0.39, 0.29) is 138 Å². The second kappa shape index (κ2) is 32.6. The molecule has 5 unspecified atom stereocenters. The van der Waals surface area contributed by atoms with Gasteiger partial charge in [0.15, 0.2) is 28.9 Å². The summed E-state index contributed by atoms with van der Waals surface area (Å²) in [6.45, 7) is 25.3. The standard InChI is InChI=1S/C26H30N2O2.2C24H30N2O2.2C23H28N2O3/c1-16-3-6-19-11-25-12-20-10-21(17(2)29)24(30)27-23(20)13-26(25,22(19)9-16)7-8-28(15-25)14-18-4-5-18;2*1-16-2-5-18-12-22-6-7-24(20(27)11-21(28)25-24)14-23(22,19(18)10-16)8-9-26(15-22)13-17-3-4-17;2*26-17-4-3-16-11-21-5-6-23(19(27)10-20(28)24-23)13-22(21,18(16)9-17)7-8-25(14-21)12-15-1-2-15/h3,6,9-10,18H,4-5,7-8,11-15H2,1-2H3,(H,27,30);2*2,5,10,17H,3-4,6-9,11-15H2,1H3,(H,25,28);2*3-4,9,15,26H,1-2,5-8,10-14H2,(H,24,28)/t25?,26-;22?,23-,24+;22?,23-,24-;21?,22-,23+;21?,22-,23-/m11111/s1. The van der Waals surface area contributed by atoms with Crippen LogP contribution in [0.15, 0.2) is 102 Å². The van der Waals surface area contributed by atoms with Crippen LogP contribution in [0.25, 0.3) is 0 Å². The number of phenolic OH excluding ortho intramolecular Hbond substituents is 2. The van der Waals surface area contributed by atoms with Crippen LogP contribution < -0.4 is 26.8 Å². The molecule has 1 aromatic heterocycles. The summed E-state index contributed by atoms with van der Waals surface area (Å²) >= 11 is 0. The van der Waals surface area contributed by atoms with E-state index in [1.807, 2.05) is 18.2 Å². The third kappa shape index (κ3) is 14.6. The number of piperidine rings is 5. The molecule has 7 N–H and O–H groups in total. The van der Waals surface area contributed by atoms with Crippen molar-refractivity contribution in [3.63, 3.8) is 0 Å². The van der Waals surface area contributed by atoms with Gasteiger partial charge in [-0.15, -0.1) is 0 Å². The predicted molar refractivity (Wildman–Crippen MR) is 540 cm³/mol. The summed E-state index contributed by atoms with van der Waals surface area (Å²) in [4.78, 5) is 141. The first-order valence-electron chi connectivity index (χ1n) is 55.3. The second-order valence-electron chi connectivity index (χ2n) is 52.1. The van der Waals surface area contributed by atoms with E-state index in [9.17, 15) is 58.2 Å². The highest BCUT2D eigenvalue weighted by molar-refractivity contribution is 6.12. The molecule has 9 aliphatic heterocycles. The number of likely N-dealkylation sites (tertiary alicyclic amines) is 5. The number of carbonyl (C=O) groups is 9. The third-order valence-electron chi connectivity index (χ3n) is 43.3. The highest BCUT2D eigenvalue weighted by Gasteiger charge is 2.74. The predicted octanol–water partition coefficient (Wildman–Crippen LogP) is 14.0. The van der Waals surface area contributed by atoms with Crippen molar-refractivity contribution in [2.45, 2.75) is 321 Å². The molecule has 0 bridgehead atoms. The van der Waals surface area contributed by atoms with Crippen LogP contribution in [0.2, 0.25) is 0 Å². The molecule has 10 heterocycles. The normalized spacial score (nSPS) is 37.5. The van der Waals surface area contributed by atoms with Gasteiger partial charge in [0, 0.05) is 104 Å². The number of ketones is 5. The summed E-state index contributed by atoms with van der Waals surface area (Å²) < 4.78 is 0. The molecular weight excluding hydrogens is 1770 g/mol. The lowest BCUT2D eigenvalue weighted by molar-refractivity contribution is -0.129. The Labute approximate surface area is 835 Å². The van der Waals surface area contributed by atoms with Gasteiger partial charge in [-0.3, -0.25) is 47.9 Å². The number of phenols is 2. The number of aromatic nitrogens is 1. The van der Waals surface area contributed by atoms with Gasteiger partial charge in [-0.2, -0.15) is 0 Å². The molecule has 4 spiro atoms. The van der Waals surface area contributed by atoms with E-state index in [1.165, 1.54) is 182 Å². The number of amides is 4. The quantitative estimate of drug-likeness (QED) is 0.0468. The highest BCUT2D eigenvalue weighted by atomic mass is 16.3. The molecule has 5 aromatic carbocycles. The number of aromatic hydroxyl groups is 2. The number of Topliss-reactive ketones (excluding diaryl/α,β-unsaturated/α-hetero) is 5. The molecule has 9 saturated carbocycles. The first kappa shape index (κ1) is 92.5. The van der Waals surface area contributed by atoms with E-state index in [0.717, 1.165) is 242 Å². The van der Waals surface area contributed by atoms with Crippen molar-refractivity contribution in [3.05, 3.63) is 197 Å². The second-order valence-corrected chi connectivity index (χ2v) is 52.1. The van der Waals surface area contributed by atoms with Crippen molar-refractivity contribution in [2.24, 2.45) is 56.7 Å². The number of H-pyrrole nitrogens is 1. The summed E-state index contributed by atoms with van der Waals surface area (Å²) in [6, 6.07) is 34.6. The van der Waals surface area contributed by atoms with Crippen molar-refractivity contribution in [1.82, 2.24) is 50.8 Å². The van der Waals surface area contributed by atoms with E-state index >= 15 is 0 Å². The van der Waals surface area contributed by atoms with Crippen LogP contribution >= 0.6 is 0 Å². The van der Waals surface area contributed by atoms with Gasteiger partial charge in [0.05, 0.1) is 53.4 Å². The fraction of sp³-hybridized carbons (Fsp3) is 0.633. The first-order valence-corrected chi connectivity index (χ1v) is 55.3. The SMILES string of the molecule is CC(=O)c1cc2c([nH]c1=O)C[C@@]13CCN(CC4CC4)CC1(Cc1ccc(C)cc13)C2.Cc1ccc2c(c1)[C@]13CCN(CC4CC4)CC1(CC[C@@]1(C3)NC(=O)CC1=O)C2.Cc1ccc2c(c1)[C@]13CCN(CC4CC4)CC1(CC[C@]1(C3)NC(=O)CC1=O)C2.O=C1CC(=O)[C@@]2(CCC34Cc5ccc(O)cc5[C@@]3(CCN(CC3CC3)C4)C2)N1.O=C1CC(=O)[C@]2(CCC34Cc5ccc(O)cc5[C@@]3(CCN(CC3CC3)C4)C2)N1. The molecule has 6 aromatic rings. The maximum absolute atomic E-state index is 12.9. The Bertz CT molecular complexity index is 5880. The number of hydrogen-bond donors (Lipinski definition) is 7. The molecule has 14 atom stereocenters. The molecule has 15 aliphatic carbocycles. The van der Waals surface area contributed by atoms with Crippen LogP contribution in [0, 0.1) is 77.4 Å². The maximum atomic E-state index is 12.9. The lowest BCUT2D eigenvalue weighted by Crippen LogP contribution is -2.65. The molecule has 30 rings (SSSR count). The Balaban J connectivity index is 0.0000000909. The largest absolute Gasteiger partial charge is 0.508 e. The Hall–Kier alpha value is -9.32. The highest BCUT2D eigenvalue weighted by Crippen LogP contribution is 2.72. The molecule has 18 fully saturated rings. The number of benzene rings is 5. The Morgan fingerprint density at radius 2 is 0.570 bits per heavy atom. The van der Waals surface area contributed by atoms with Gasteiger partial charge >= 0.3 is 0 Å². The van der Waals surface area contributed by atoms with Gasteiger partial charge in [-0.1, -0.05) is 83.4 Å². The fourth-order valence-corrected chi connectivity index (χ4v) is 35.7. The van der Waals surface area contributed by atoms with Crippen molar-refractivity contribution in [2.75, 3.05) is 98.2 Å². The molecule has 4 amide bonds. The zero-order valence-corrected chi connectivity index (χ0v) is 84.3. The number of aromatic amines is 1. The first-order chi connectivity index (χ1) is 68.1. The Kier molecular flexibility index (Phi) is 21.2.